The Morgan fingerprint density at radius 1 is 2.00 bits per heavy atom. The Labute approximate surface area is 47.0 Å². The molecule has 0 aliphatic carbocycles. The highest BCUT2D eigenvalue weighted by Crippen LogP contribution is 1.90. The van der Waals surface area contributed by atoms with Crippen molar-refractivity contribution in [3.8, 4) is 0 Å². The zero-order valence-corrected chi connectivity index (χ0v) is 6.30. The van der Waals surface area contributed by atoms with Crippen molar-refractivity contribution in [3.63, 3.8) is 0 Å². The smallest absolute Gasteiger partial charge is 0.168 e. The maximum absolute atomic E-state index is 5.52. The SMILES string of the molecule is C[Si](Cl)CBr. The summed E-state index contributed by atoms with van der Waals surface area (Å²) in [6.07, 6.45) is 0. The molecule has 0 nitrogen and oxygen atoms in total. The first kappa shape index (κ1) is 5.99. The van der Waals surface area contributed by atoms with E-state index in [1.807, 2.05) is 6.55 Å². The van der Waals surface area contributed by atoms with Gasteiger partial charge in [-0.1, -0.05) is 22.5 Å². The Morgan fingerprint density at radius 2 is 2.20 bits per heavy atom. The second kappa shape index (κ2) is 3.19. The summed E-state index contributed by atoms with van der Waals surface area (Å²) < 4.78 is 0. The molecule has 0 unspecified atom stereocenters. The number of hydrogen-bond acceptors (Lipinski definition) is 0. The summed E-state index contributed by atoms with van der Waals surface area (Å²) >= 11 is 8.74. The minimum atomic E-state index is -0.485. The van der Waals surface area contributed by atoms with Gasteiger partial charge in [0.2, 0.25) is 0 Å². The molecule has 0 heterocycles. The number of rotatable bonds is 1. The third kappa shape index (κ3) is 4.99. The van der Waals surface area contributed by atoms with Gasteiger partial charge in [-0.2, -0.15) is 11.1 Å². The van der Waals surface area contributed by atoms with Gasteiger partial charge in [0, 0.05) is 4.95 Å². The van der Waals surface area contributed by atoms with E-state index < -0.39 is 8.11 Å². The minimum Gasteiger partial charge on any atom is -0.168 e. The minimum absolute atomic E-state index is 0.485. The van der Waals surface area contributed by atoms with E-state index >= 15 is 0 Å². The maximum Gasteiger partial charge on any atom is 0.173 e. The van der Waals surface area contributed by atoms with E-state index in [1.54, 1.807) is 0 Å². The van der Waals surface area contributed by atoms with Crippen molar-refractivity contribution >= 4 is 35.1 Å². The molecule has 1 radical (unpaired) electrons. The van der Waals surface area contributed by atoms with E-state index in [-0.39, 0.29) is 0 Å². The molecule has 0 atom stereocenters. The summed E-state index contributed by atoms with van der Waals surface area (Å²) in [7, 11) is -0.485. The molecule has 0 aromatic rings. The molecule has 0 N–H and O–H groups in total. The summed E-state index contributed by atoms with van der Waals surface area (Å²) in [4.78, 5) is 0.985. The van der Waals surface area contributed by atoms with Gasteiger partial charge < -0.3 is 0 Å². The summed E-state index contributed by atoms with van der Waals surface area (Å²) in [5.41, 5.74) is 0. The van der Waals surface area contributed by atoms with Crippen LogP contribution in [0.5, 0.6) is 0 Å². The number of hydrogen-bond donors (Lipinski definition) is 0. The van der Waals surface area contributed by atoms with Gasteiger partial charge in [-0.15, -0.1) is 0 Å². The zero-order valence-electron chi connectivity index (χ0n) is 2.96. The van der Waals surface area contributed by atoms with Crippen LogP contribution in [0.15, 0.2) is 0 Å². The zero-order chi connectivity index (χ0) is 4.28. The van der Waals surface area contributed by atoms with Crippen molar-refractivity contribution < 1.29 is 0 Å². The van der Waals surface area contributed by atoms with Gasteiger partial charge in [0.1, 0.15) is 0 Å². The van der Waals surface area contributed by atoms with Crippen molar-refractivity contribution in [1.29, 1.82) is 0 Å². The van der Waals surface area contributed by atoms with Crippen LogP contribution in [0.3, 0.4) is 0 Å². The highest BCUT2D eigenvalue weighted by molar-refractivity contribution is 9.09. The Morgan fingerprint density at radius 3 is 2.20 bits per heavy atom. The third-order valence-corrected chi connectivity index (χ3v) is 4.45. The van der Waals surface area contributed by atoms with E-state index in [0.717, 1.165) is 4.95 Å². The van der Waals surface area contributed by atoms with E-state index in [0.29, 0.717) is 0 Å². The van der Waals surface area contributed by atoms with Gasteiger partial charge in [-0.3, -0.25) is 0 Å². The van der Waals surface area contributed by atoms with Gasteiger partial charge in [0.25, 0.3) is 0 Å². The molecule has 0 spiro atoms. The highest BCUT2D eigenvalue weighted by atomic mass is 79.9. The molecular weight excluding hydrogens is 167 g/mol. The second-order valence-electron chi connectivity index (χ2n) is 0.810. The summed E-state index contributed by atoms with van der Waals surface area (Å²) in [5.74, 6) is 0. The van der Waals surface area contributed by atoms with Gasteiger partial charge in [-0.05, 0) is 0 Å². The van der Waals surface area contributed by atoms with Crippen LogP contribution in [0.1, 0.15) is 0 Å². The first-order chi connectivity index (χ1) is 2.27. The fourth-order valence-corrected chi connectivity index (χ4v) is 0. The van der Waals surface area contributed by atoms with Crippen LogP contribution in [-0.2, 0) is 0 Å². The average molecular weight is 173 g/mol. The lowest BCUT2D eigenvalue weighted by molar-refractivity contribution is 2.06. The fourth-order valence-electron chi connectivity index (χ4n) is 0. The lowest BCUT2D eigenvalue weighted by atomic mass is 11.9. The Hall–Kier alpha value is 0.987. The number of halogens is 2. The summed E-state index contributed by atoms with van der Waals surface area (Å²) in [5, 5.41) is 0. The molecule has 0 aromatic carbocycles. The molecule has 0 rings (SSSR count). The van der Waals surface area contributed by atoms with E-state index in [2.05, 4.69) is 15.9 Å². The first-order valence-corrected chi connectivity index (χ1v) is 5.65. The molecule has 0 aliphatic rings. The topological polar surface area (TPSA) is 0 Å². The lowest BCUT2D eigenvalue weighted by Crippen LogP contribution is -1.94. The maximum atomic E-state index is 5.52. The molecule has 0 saturated carbocycles. The van der Waals surface area contributed by atoms with Gasteiger partial charge in [0.15, 0.2) is 8.11 Å². The van der Waals surface area contributed by atoms with E-state index in [4.69, 9.17) is 11.1 Å². The van der Waals surface area contributed by atoms with Crippen molar-refractivity contribution in [2.24, 2.45) is 0 Å². The standard InChI is InChI=1S/C2H5BrClSi/c1-5(4)2-3/h2H2,1H3. The lowest BCUT2D eigenvalue weighted by Gasteiger charge is -1.81. The molecule has 3 heteroatoms. The first-order valence-electron chi connectivity index (χ1n) is 1.31. The third-order valence-electron chi connectivity index (χ3n) is 0.184. The molecule has 0 saturated heterocycles. The molecule has 0 aromatic heterocycles. The normalized spacial score (nSPS) is 9.60. The largest absolute Gasteiger partial charge is 0.173 e. The Bertz CT molecular complexity index is 23.6. The van der Waals surface area contributed by atoms with Crippen LogP contribution in [0.2, 0.25) is 6.55 Å². The van der Waals surface area contributed by atoms with Crippen molar-refractivity contribution in [1.82, 2.24) is 0 Å². The van der Waals surface area contributed by atoms with Crippen LogP contribution in [0.4, 0.5) is 0 Å². The monoisotopic (exact) mass is 171 g/mol. The summed E-state index contributed by atoms with van der Waals surface area (Å²) in [6, 6.07) is 0. The van der Waals surface area contributed by atoms with Gasteiger partial charge >= 0.3 is 0 Å². The van der Waals surface area contributed by atoms with Gasteiger partial charge in [-0.25, -0.2) is 0 Å². The molecule has 0 amide bonds. The van der Waals surface area contributed by atoms with Crippen molar-refractivity contribution in [2.75, 3.05) is 4.95 Å². The average Bonchev–Trinajstić information content (AvgIpc) is 1.38. The fraction of sp³-hybridized carbons (Fsp3) is 1.00. The quantitative estimate of drug-likeness (QED) is 0.321. The molecule has 5 heavy (non-hydrogen) atoms. The molecule has 0 aliphatic heterocycles. The van der Waals surface area contributed by atoms with Crippen molar-refractivity contribution in [3.05, 3.63) is 0 Å². The molecule has 31 valence electrons. The Kier molecular flexibility index (Phi) is 3.82. The number of alkyl halides is 1. The van der Waals surface area contributed by atoms with Gasteiger partial charge in [0.05, 0.1) is 0 Å². The van der Waals surface area contributed by atoms with Crippen LogP contribution in [0.25, 0.3) is 0 Å². The predicted molar refractivity (Wildman–Crippen MR) is 31.3 cm³/mol. The highest BCUT2D eigenvalue weighted by Gasteiger charge is 1.90. The molecule has 0 fully saturated rings. The molecule has 0 bridgehead atoms. The van der Waals surface area contributed by atoms with Crippen LogP contribution >= 0.6 is 27.0 Å². The van der Waals surface area contributed by atoms with Crippen LogP contribution in [0, 0.1) is 0 Å². The van der Waals surface area contributed by atoms with Crippen LogP contribution < -0.4 is 0 Å². The predicted octanol–water partition coefficient (Wildman–Crippen LogP) is 1.78. The second-order valence-corrected chi connectivity index (χ2v) is 6.05. The summed E-state index contributed by atoms with van der Waals surface area (Å²) in [6.45, 7) is 2.04. The molecular formula is C2H5BrClSi. The Balaban J connectivity index is 2.54. The van der Waals surface area contributed by atoms with E-state index in [9.17, 15) is 0 Å². The van der Waals surface area contributed by atoms with Crippen LogP contribution in [-0.4, -0.2) is 13.1 Å². The van der Waals surface area contributed by atoms with E-state index in [1.165, 1.54) is 0 Å². The van der Waals surface area contributed by atoms with Crippen molar-refractivity contribution in [2.45, 2.75) is 6.55 Å².